The van der Waals surface area contributed by atoms with Crippen molar-refractivity contribution in [3.63, 3.8) is 0 Å². The summed E-state index contributed by atoms with van der Waals surface area (Å²) in [5, 5.41) is 10.6. The van der Waals surface area contributed by atoms with Crippen molar-refractivity contribution in [2.75, 3.05) is 7.11 Å². The lowest BCUT2D eigenvalue weighted by Gasteiger charge is -2.31. The molecule has 5 heteroatoms. The van der Waals surface area contributed by atoms with E-state index in [0.29, 0.717) is 6.42 Å². The molecule has 0 fully saturated rings. The predicted molar refractivity (Wildman–Crippen MR) is 103 cm³/mol. The summed E-state index contributed by atoms with van der Waals surface area (Å²) >= 11 is 0. The van der Waals surface area contributed by atoms with E-state index in [1.165, 1.54) is 7.11 Å². The second-order valence-corrected chi connectivity index (χ2v) is 7.20. The average Bonchev–Trinajstić information content (AvgIpc) is 2.65. The number of aliphatic hydroxyl groups excluding tert-OH is 1. The molecule has 0 aliphatic heterocycles. The summed E-state index contributed by atoms with van der Waals surface area (Å²) in [4.78, 5) is 38.4. The number of carbonyl (C=O) groups excluding carboxylic acids is 3. The Morgan fingerprint density at radius 1 is 1.33 bits per heavy atom. The van der Waals surface area contributed by atoms with Crippen LogP contribution >= 0.6 is 0 Å². The number of rotatable bonds is 7. The van der Waals surface area contributed by atoms with Gasteiger partial charge in [0.25, 0.3) is 0 Å². The van der Waals surface area contributed by atoms with E-state index < -0.39 is 29.2 Å². The topological polar surface area (TPSA) is 80.7 Å². The van der Waals surface area contributed by atoms with Crippen molar-refractivity contribution in [1.82, 2.24) is 0 Å². The number of Topliss-reactive ketones (excluding diaryl/α,β-unsaturated/α-hetero) is 2. The highest BCUT2D eigenvalue weighted by atomic mass is 16.5. The molecule has 0 saturated carbocycles. The molecule has 1 N–H and O–H groups in total. The maximum atomic E-state index is 13.2. The van der Waals surface area contributed by atoms with Gasteiger partial charge in [0.2, 0.25) is 11.6 Å². The van der Waals surface area contributed by atoms with Gasteiger partial charge in [-0.3, -0.25) is 9.59 Å². The Morgan fingerprint density at radius 2 is 2.04 bits per heavy atom. The molecule has 2 aliphatic carbocycles. The average molecular weight is 372 g/mol. The molecule has 27 heavy (non-hydrogen) atoms. The van der Waals surface area contributed by atoms with Gasteiger partial charge in [-0.25, -0.2) is 4.79 Å². The number of hydrogen-bond acceptors (Lipinski definition) is 5. The zero-order chi connectivity index (χ0) is 20.1. The number of carbonyl (C=O) groups is 3. The standard InChI is InChI=1S/C22H28O5/c1-5-7-8-9-15-18(22(26)27-4)20(24)17(21(25)19(15)23)16-12-13(3)10-11-14(16)6-2/h6,12,14,16,25H,2,5,7-11H2,1,3-4H3/t14-,16-/m1/s1. The normalized spacial score (nSPS) is 23.4. The van der Waals surface area contributed by atoms with Crippen molar-refractivity contribution in [1.29, 1.82) is 0 Å². The maximum absolute atomic E-state index is 13.2. The lowest BCUT2D eigenvalue weighted by molar-refractivity contribution is -0.138. The fraction of sp³-hybridized carbons (Fsp3) is 0.500. The minimum atomic E-state index is -0.823. The first kappa shape index (κ1) is 20.9. The smallest absolute Gasteiger partial charge is 0.342 e. The Hall–Kier alpha value is -2.43. The molecule has 0 radical (unpaired) electrons. The molecule has 0 aromatic heterocycles. The van der Waals surface area contributed by atoms with Gasteiger partial charge in [0.05, 0.1) is 12.7 Å². The van der Waals surface area contributed by atoms with Gasteiger partial charge in [-0.05, 0) is 38.5 Å². The zero-order valence-electron chi connectivity index (χ0n) is 16.3. The molecule has 0 heterocycles. The van der Waals surface area contributed by atoms with Crippen molar-refractivity contribution >= 4 is 17.5 Å². The molecule has 2 atom stereocenters. The van der Waals surface area contributed by atoms with E-state index in [2.05, 4.69) is 6.58 Å². The van der Waals surface area contributed by atoms with Gasteiger partial charge in [0, 0.05) is 11.5 Å². The van der Waals surface area contributed by atoms with Crippen molar-refractivity contribution in [3.8, 4) is 0 Å². The van der Waals surface area contributed by atoms with Crippen LogP contribution in [0.2, 0.25) is 0 Å². The maximum Gasteiger partial charge on any atom is 0.342 e. The Bertz CT molecular complexity index is 751. The highest BCUT2D eigenvalue weighted by molar-refractivity contribution is 6.34. The fourth-order valence-electron chi connectivity index (χ4n) is 3.82. The van der Waals surface area contributed by atoms with Gasteiger partial charge >= 0.3 is 5.97 Å². The minimum absolute atomic E-state index is 0.0106. The number of unbranched alkanes of at least 4 members (excludes halogenated alkanes) is 2. The number of ether oxygens (including phenoxy) is 1. The summed E-state index contributed by atoms with van der Waals surface area (Å²) in [5.41, 5.74) is 0.902. The largest absolute Gasteiger partial charge is 0.504 e. The number of methoxy groups -OCH3 is 1. The van der Waals surface area contributed by atoms with Crippen LogP contribution in [0.25, 0.3) is 0 Å². The van der Waals surface area contributed by atoms with Crippen molar-refractivity contribution in [3.05, 3.63) is 46.8 Å². The van der Waals surface area contributed by atoms with Gasteiger partial charge in [0.15, 0.2) is 5.76 Å². The first-order valence-electron chi connectivity index (χ1n) is 9.51. The Morgan fingerprint density at radius 3 is 2.63 bits per heavy atom. The molecule has 146 valence electrons. The van der Waals surface area contributed by atoms with E-state index in [1.54, 1.807) is 6.08 Å². The third-order valence-corrected chi connectivity index (χ3v) is 5.37. The predicted octanol–water partition coefficient (Wildman–Crippen LogP) is 4.16. The second-order valence-electron chi connectivity index (χ2n) is 7.20. The number of aliphatic hydroxyl groups is 1. The van der Waals surface area contributed by atoms with Gasteiger partial charge in [-0.2, -0.15) is 0 Å². The Labute approximate surface area is 160 Å². The lowest BCUT2D eigenvalue weighted by atomic mass is 9.71. The quantitative estimate of drug-likeness (QED) is 0.239. The molecule has 0 unspecified atom stereocenters. The summed E-state index contributed by atoms with van der Waals surface area (Å²) in [6, 6.07) is 0. The molecule has 5 nitrogen and oxygen atoms in total. The second kappa shape index (κ2) is 8.98. The number of ketones is 2. The van der Waals surface area contributed by atoms with E-state index in [9.17, 15) is 19.5 Å². The number of hydrogen-bond donors (Lipinski definition) is 1. The Balaban J connectivity index is 2.54. The van der Waals surface area contributed by atoms with E-state index >= 15 is 0 Å². The van der Waals surface area contributed by atoms with E-state index in [-0.39, 0.29) is 29.1 Å². The van der Waals surface area contributed by atoms with Crippen molar-refractivity contribution in [2.24, 2.45) is 11.8 Å². The van der Waals surface area contributed by atoms with Crippen LogP contribution in [0.1, 0.15) is 52.4 Å². The van der Waals surface area contributed by atoms with Gasteiger partial charge in [-0.1, -0.05) is 37.5 Å². The number of allylic oxidation sites excluding steroid dienone is 5. The Kier molecular flexibility index (Phi) is 6.94. The van der Waals surface area contributed by atoms with E-state index in [1.807, 2.05) is 19.9 Å². The molecule has 0 amide bonds. The molecule has 0 bridgehead atoms. The molecule has 0 spiro atoms. The van der Waals surface area contributed by atoms with E-state index in [0.717, 1.165) is 31.3 Å². The SMILES string of the molecule is C=C[C@@H]1CCC(C)=C[C@H]1C1=C(O)C(=O)C(CCCCC)=C(C(=O)OC)C1=O. The number of esters is 1. The van der Waals surface area contributed by atoms with Gasteiger partial charge in [-0.15, -0.1) is 6.58 Å². The first-order chi connectivity index (χ1) is 12.9. The van der Waals surface area contributed by atoms with Crippen LogP contribution in [-0.4, -0.2) is 29.8 Å². The molecule has 0 aromatic carbocycles. The van der Waals surface area contributed by atoms with Crippen LogP contribution < -0.4 is 0 Å². The van der Waals surface area contributed by atoms with Crippen LogP contribution in [0, 0.1) is 11.8 Å². The van der Waals surface area contributed by atoms with Crippen LogP contribution in [-0.2, 0) is 19.1 Å². The summed E-state index contributed by atoms with van der Waals surface area (Å²) in [6.45, 7) is 7.80. The molecular formula is C22H28O5. The fourth-order valence-corrected chi connectivity index (χ4v) is 3.82. The summed E-state index contributed by atoms with van der Waals surface area (Å²) in [5.74, 6) is -3.15. The molecule has 2 aliphatic rings. The summed E-state index contributed by atoms with van der Waals surface area (Å²) in [7, 11) is 1.19. The third kappa shape index (κ3) is 4.12. The minimum Gasteiger partial charge on any atom is -0.504 e. The van der Waals surface area contributed by atoms with Crippen molar-refractivity contribution in [2.45, 2.75) is 52.4 Å². The summed E-state index contributed by atoms with van der Waals surface area (Å²) < 4.78 is 4.78. The van der Waals surface area contributed by atoms with Crippen molar-refractivity contribution < 1.29 is 24.2 Å². The highest BCUT2D eigenvalue weighted by Gasteiger charge is 2.42. The monoisotopic (exact) mass is 372 g/mol. The molecule has 0 aromatic rings. The zero-order valence-corrected chi connectivity index (χ0v) is 16.3. The van der Waals surface area contributed by atoms with Crippen LogP contribution in [0.4, 0.5) is 0 Å². The summed E-state index contributed by atoms with van der Waals surface area (Å²) in [6.07, 6.45) is 7.99. The lowest BCUT2D eigenvalue weighted by Crippen LogP contribution is -2.34. The van der Waals surface area contributed by atoms with E-state index in [4.69, 9.17) is 4.74 Å². The van der Waals surface area contributed by atoms with Crippen LogP contribution in [0.3, 0.4) is 0 Å². The van der Waals surface area contributed by atoms with Crippen LogP contribution in [0.5, 0.6) is 0 Å². The first-order valence-corrected chi connectivity index (χ1v) is 9.51. The third-order valence-electron chi connectivity index (χ3n) is 5.37. The molecule has 2 rings (SSSR count). The van der Waals surface area contributed by atoms with Gasteiger partial charge in [0.1, 0.15) is 5.57 Å². The molecule has 0 saturated heterocycles. The molecular weight excluding hydrogens is 344 g/mol. The highest BCUT2D eigenvalue weighted by Crippen LogP contribution is 2.40. The van der Waals surface area contributed by atoms with Gasteiger partial charge < -0.3 is 9.84 Å². The van der Waals surface area contributed by atoms with Crippen LogP contribution in [0.15, 0.2) is 46.8 Å².